The summed E-state index contributed by atoms with van der Waals surface area (Å²) in [7, 11) is 1.72. The van der Waals surface area contributed by atoms with E-state index in [1.54, 1.807) is 13.1 Å². The Kier molecular flexibility index (Phi) is 1.66. The summed E-state index contributed by atoms with van der Waals surface area (Å²) in [6.45, 7) is 6.20. The Balaban J connectivity index is 3.18. The Hall–Kier alpha value is -0.990. The van der Waals surface area contributed by atoms with Crippen LogP contribution in [0, 0.1) is 0 Å². The van der Waals surface area contributed by atoms with Crippen molar-refractivity contribution in [2.45, 2.75) is 26.2 Å². The highest BCUT2D eigenvalue weighted by atomic mass is 16.1. The molecular formula is C8H14N2O. The van der Waals surface area contributed by atoms with Gasteiger partial charge in [-0.3, -0.25) is 14.6 Å². The number of hydrogen-bond acceptors (Lipinski definition) is 1. The van der Waals surface area contributed by atoms with Gasteiger partial charge in [0, 0.05) is 24.2 Å². The number of nitrogens with one attached hydrogen (secondary N) is 1. The van der Waals surface area contributed by atoms with Crippen molar-refractivity contribution in [2.75, 3.05) is 0 Å². The maximum atomic E-state index is 11.0. The van der Waals surface area contributed by atoms with Gasteiger partial charge in [-0.25, -0.2) is 0 Å². The van der Waals surface area contributed by atoms with E-state index in [1.165, 1.54) is 4.68 Å². The summed E-state index contributed by atoms with van der Waals surface area (Å²) in [5.41, 5.74) is 1.03. The first-order valence-corrected chi connectivity index (χ1v) is 3.68. The smallest absolute Gasteiger partial charge is 0.266 e. The number of hydrogen-bond donors (Lipinski definition) is 1. The molecule has 0 unspecified atom stereocenters. The quantitative estimate of drug-likeness (QED) is 0.595. The highest BCUT2D eigenvalue weighted by molar-refractivity contribution is 5.10. The second-order valence-corrected chi connectivity index (χ2v) is 3.82. The lowest BCUT2D eigenvalue weighted by Crippen LogP contribution is -2.12. The number of aromatic amines is 1. The van der Waals surface area contributed by atoms with Gasteiger partial charge >= 0.3 is 0 Å². The maximum absolute atomic E-state index is 11.0. The zero-order valence-electron chi connectivity index (χ0n) is 7.43. The maximum Gasteiger partial charge on any atom is 0.266 e. The minimum absolute atomic E-state index is 0.0231. The Labute approximate surface area is 66.0 Å². The van der Waals surface area contributed by atoms with Crippen LogP contribution < -0.4 is 5.56 Å². The molecule has 0 aliphatic heterocycles. The molecule has 1 aromatic heterocycles. The van der Waals surface area contributed by atoms with Crippen molar-refractivity contribution in [2.24, 2.45) is 7.05 Å². The SMILES string of the molecule is Cn1[nH]c(C(C)(C)C)cc1=O. The van der Waals surface area contributed by atoms with Crippen LogP contribution in [0.15, 0.2) is 10.9 Å². The van der Waals surface area contributed by atoms with Gasteiger partial charge in [0.15, 0.2) is 0 Å². The minimum atomic E-state index is 0.0231. The van der Waals surface area contributed by atoms with Crippen molar-refractivity contribution in [3.05, 3.63) is 22.1 Å². The average Bonchev–Trinajstić information content (AvgIpc) is 2.11. The van der Waals surface area contributed by atoms with Gasteiger partial charge in [-0.1, -0.05) is 20.8 Å². The molecule has 0 bridgehead atoms. The summed E-state index contributed by atoms with van der Waals surface area (Å²) in [4.78, 5) is 11.0. The lowest BCUT2D eigenvalue weighted by Gasteiger charge is -2.14. The Morgan fingerprint density at radius 3 is 2.18 bits per heavy atom. The minimum Gasteiger partial charge on any atom is -0.299 e. The van der Waals surface area contributed by atoms with Gasteiger partial charge in [0.1, 0.15) is 0 Å². The van der Waals surface area contributed by atoms with Gasteiger partial charge in [-0.05, 0) is 0 Å². The van der Waals surface area contributed by atoms with Crippen LogP contribution >= 0.6 is 0 Å². The molecule has 11 heavy (non-hydrogen) atoms. The summed E-state index contributed by atoms with van der Waals surface area (Å²) in [6, 6.07) is 1.64. The normalized spacial score (nSPS) is 12.0. The molecule has 0 saturated carbocycles. The number of aromatic nitrogens is 2. The number of rotatable bonds is 0. The molecule has 0 aliphatic carbocycles. The van der Waals surface area contributed by atoms with Crippen molar-refractivity contribution in [3.8, 4) is 0 Å². The van der Waals surface area contributed by atoms with Crippen molar-refractivity contribution in [1.29, 1.82) is 0 Å². The molecule has 1 heterocycles. The molecule has 0 aliphatic rings. The first-order chi connectivity index (χ1) is 4.91. The molecule has 0 amide bonds. The van der Waals surface area contributed by atoms with Crippen LogP contribution in [0.3, 0.4) is 0 Å². The van der Waals surface area contributed by atoms with E-state index in [9.17, 15) is 4.79 Å². The molecule has 0 spiro atoms. The van der Waals surface area contributed by atoms with Crippen LogP contribution in [0.1, 0.15) is 26.5 Å². The first-order valence-electron chi connectivity index (χ1n) is 3.68. The van der Waals surface area contributed by atoms with Crippen LogP contribution in [-0.2, 0) is 12.5 Å². The van der Waals surface area contributed by atoms with Crippen LogP contribution in [0.25, 0.3) is 0 Å². The van der Waals surface area contributed by atoms with Crippen molar-refractivity contribution >= 4 is 0 Å². The van der Waals surface area contributed by atoms with E-state index in [-0.39, 0.29) is 11.0 Å². The number of nitrogens with zero attached hydrogens (tertiary/aromatic N) is 1. The number of aryl methyl sites for hydroxylation is 1. The van der Waals surface area contributed by atoms with E-state index in [4.69, 9.17) is 0 Å². The Bertz CT molecular complexity index is 301. The van der Waals surface area contributed by atoms with E-state index >= 15 is 0 Å². The summed E-state index contributed by atoms with van der Waals surface area (Å²) in [5, 5.41) is 2.99. The number of H-pyrrole nitrogens is 1. The standard InChI is InChI=1S/C8H14N2O/c1-8(2,3)6-5-7(11)10(4)9-6/h5,9H,1-4H3. The predicted octanol–water partition coefficient (Wildman–Crippen LogP) is 1.01. The monoisotopic (exact) mass is 154 g/mol. The topological polar surface area (TPSA) is 37.8 Å². The predicted molar refractivity (Wildman–Crippen MR) is 44.7 cm³/mol. The van der Waals surface area contributed by atoms with Crippen molar-refractivity contribution in [3.63, 3.8) is 0 Å². The highest BCUT2D eigenvalue weighted by Crippen LogP contribution is 2.17. The van der Waals surface area contributed by atoms with Gasteiger partial charge in [0.25, 0.3) is 5.56 Å². The fourth-order valence-corrected chi connectivity index (χ4v) is 0.873. The first kappa shape index (κ1) is 8.11. The van der Waals surface area contributed by atoms with E-state index < -0.39 is 0 Å². The summed E-state index contributed by atoms with van der Waals surface area (Å²) >= 11 is 0. The van der Waals surface area contributed by atoms with Gasteiger partial charge in [-0.2, -0.15) is 0 Å². The largest absolute Gasteiger partial charge is 0.299 e. The molecule has 0 aromatic carbocycles. The van der Waals surface area contributed by atoms with E-state index in [1.807, 2.05) is 0 Å². The lowest BCUT2D eigenvalue weighted by molar-refractivity contribution is 0.552. The zero-order chi connectivity index (χ0) is 8.65. The molecule has 1 rings (SSSR count). The van der Waals surface area contributed by atoms with Gasteiger partial charge in [-0.15, -0.1) is 0 Å². The van der Waals surface area contributed by atoms with E-state index in [2.05, 4.69) is 25.9 Å². The highest BCUT2D eigenvalue weighted by Gasteiger charge is 2.16. The zero-order valence-corrected chi connectivity index (χ0v) is 7.43. The van der Waals surface area contributed by atoms with Gasteiger partial charge in [0.05, 0.1) is 0 Å². The summed E-state index contributed by atoms with van der Waals surface area (Å²) < 4.78 is 1.49. The lowest BCUT2D eigenvalue weighted by atomic mass is 9.93. The third kappa shape index (κ3) is 1.53. The van der Waals surface area contributed by atoms with Crippen LogP contribution in [0.2, 0.25) is 0 Å². The molecule has 1 N–H and O–H groups in total. The van der Waals surface area contributed by atoms with Crippen LogP contribution in [-0.4, -0.2) is 9.78 Å². The van der Waals surface area contributed by atoms with Crippen LogP contribution in [0.4, 0.5) is 0 Å². The molecule has 3 heteroatoms. The molecule has 0 radical (unpaired) electrons. The molecule has 3 nitrogen and oxygen atoms in total. The molecular weight excluding hydrogens is 140 g/mol. The van der Waals surface area contributed by atoms with Gasteiger partial charge in [0.2, 0.25) is 0 Å². The fraction of sp³-hybridized carbons (Fsp3) is 0.625. The van der Waals surface area contributed by atoms with E-state index in [0.29, 0.717) is 0 Å². The van der Waals surface area contributed by atoms with Crippen molar-refractivity contribution < 1.29 is 0 Å². The van der Waals surface area contributed by atoms with E-state index in [0.717, 1.165) is 5.69 Å². The Morgan fingerprint density at radius 2 is 2.00 bits per heavy atom. The molecule has 0 saturated heterocycles. The summed E-state index contributed by atoms with van der Waals surface area (Å²) in [6.07, 6.45) is 0. The third-order valence-corrected chi connectivity index (χ3v) is 1.69. The van der Waals surface area contributed by atoms with Gasteiger partial charge < -0.3 is 0 Å². The Morgan fingerprint density at radius 1 is 1.45 bits per heavy atom. The second-order valence-electron chi connectivity index (χ2n) is 3.82. The van der Waals surface area contributed by atoms with Crippen molar-refractivity contribution in [1.82, 2.24) is 9.78 Å². The molecule has 0 atom stereocenters. The summed E-state index contributed by atoms with van der Waals surface area (Å²) in [5.74, 6) is 0. The van der Waals surface area contributed by atoms with Crippen LogP contribution in [0.5, 0.6) is 0 Å². The fourth-order valence-electron chi connectivity index (χ4n) is 0.873. The molecule has 62 valence electrons. The average molecular weight is 154 g/mol. The third-order valence-electron chi connectivity index (χ3n) is 1.69. The molecule has 0 fully saturated rings. The second kappa shape index (κ2) is 2.26. The molecule has 1 aromatic rings.